The van der Waals surface area contributed by atoms with Crippen LogP contribution in [0.15, 0.2) is 30.3 Å². The van der Waals surface area contributed by atoms with E-state index in [0.29, 0.717) is 0 Å². The first-order valence-corrected chi connectivity index (χ1v) is 14.1. The number of ether oxygens (including phenoxy) is 3. The van der Waals surface area contributed by atoms with Crippen LogP contribution in [0.25, 0.3) is 10.8 Å². The molecule has 0 spiro atoms. The van der Waals surface area contributed by atoms with E-state index in [1.165, 1.54) is 4.90 Å². The van der Waals surface area contributed by atoms with Crippen LogP contribution in [0.3, 0.4) is 0 Å². The number of fused-ring (bicyclic) bond motifs is 5. The summed E-state index contributed by atoms with van der Waals surface area (Å²) in [6, 6.07) is 8.03. The Bertz CT molecular complexity index is 1250. The molecule has 2 amide bonds. The highest BCUT2D eigenvalue weighted by atomic mass is 16.5. The van der Waals surface area contributed by atoms with Crippen LogP contribution in [0.1, 0.15) is 70.4 Å². The summed E-state index contributed by atoms with van der Waals surface area (Å²) >= 11 is 0. The molecule has 2 aromatic carbocycles. The van der Waals surface area contributed by atoms with E-state index in [0.717, 1.165) is 66.2 Å². The molecule has 2 N–H and O–H groups in total. The van der Waals surface area contributed by atoms with Gasteiger partial charge in [-0.2, -0.15) is 0 Å². The van der Waals surface area contributed by atoms with Gasteiger partial charge in [0.25, 0.3) is 0 Å². The Hall–Kier alpha value is -3.33. The number of carbonyl (C=O) groups is 3. The van der Waals surface area contributed by atoms with Gasteiger partial charge in [0.2, 0.25) is 5.91 Å². The third-order valence-electron chi connectivity index (χ3n) is 8.25. The Morgan fingerprint density at radius 1 is 1.05 bits per heavy atom. The number of nitrogens with one attached hydrogen (secondary N) is 1. The van der Waals surface area contributed by atoms with Crippen LogP contribution in [0.4, 0.5) is 4.79 Å². The summed E-state index contributed by atoms with van der Waals surface area (Å²) in [4.78, 5) is 40.4. The monoisotopic (exact) mass is 554 g/mol. The molecule has 0 unspecified atom stereocenters. The highest BCUT2D eigenvalue weighted by Crippen LogP contribution is 2.42. The van der Waals surface area contributed by atoms with Gasteiger partial charge >= 0.3 is 12.1 Å². The van der Waals surface area contributed by atoms with Gasteiger partial charge in [-0.1, -0.05) is 52.2 Å². The molecular formula is C31H42N2O7. The lowest BCUT2D eigenvalue weighted by atomic mass is 9.85. The number of rotatable bonds is 3. The van der Waals surface area contributed by atoms with Gasteiger partial charge in [-0.3, -0.25) is 4.79 Å². The van der Waals surface area contributed by atoms with E-state index in [-0.39, 0.29) is 19.6 Å². The molecule has 0 aliphatic carbocycles. The zero-order valence-electron chi connectivity index (χ0n) is 24.2. The van der Waals surface area contributed by atoms with E-state index in [1.807, 2.05) is 45.0 Å². The van der Waals surface area contributed by atoms with Gasteiger partial charge < -0.3 is 29.5 Å². The lowest BCUT2D eigenvalue weighted by Crippen LogP contribution is -2.57. The lowest BCUT2D eigenvalue weighted by molar-refractivity contribution is -0.150. The van der Waals surface area contributed by atoms with Crippen molar-refractivity contribution in [2.45, 2.75) is 83.4 Å². The number of aryl methyl sites for hydroxylation is 1. The number of carboxylic acid groups (broad SMARTS) is 1. The van der Waals surface area contributed by atoms with Crippen molar-refractivity contribution in [1.29, 1.82) is 0 Å². The van der Waals surface area contributed by atoms with Crippen molar-refractivity contribution in [1.82, 2.24) is 10.2 Å². The summed E-state index contributed by atoms with van der Waals surface area (Å²) in [6.45, 7) is 5.79. The second-order valence-corrected chi connectivity index (χ2v) is 12.0. The van der Waals surface area contributed by atoms with Crippen LogP contribution in [0.2, 0.25) is 0 Å². The SMILES string of the molecule is COc1cc2ccc3cc2cc1CCCCCCCOC(=O)N[C@@H](C(C)(C)C)C(=O)N1C[C@@]3(OC)C[C@H]1C(=O)O. The van der Waals surface area contributed by atoms with Crippen molar-refractivity contribution in [2.75, 3.05) is 27.4 Å². The van der Waals surface area contributed by atoms with Gasteiger partial charge in [0, 0.05) is 13.5 Å². The van der Waals surface area contributed by atoms with Crippen molar-refractivity contribution < 1.29 is 33.7 Å². The van der Waals surface area contributed by atoms with Crippen molar-refractivity contribution >= 4 is 28.7 Å². The van der Waals surface area contributed by atoms with Crippen molar-refractivity contribution in [3.63, 3.8) is 0 Å². The molecule has 1 saturated heterocycles. The number of benzene rings is 2. The van der Waals surface area contributed by atoms with E-state index < -0.39 is 41.1 Å². The van der Waals surface area contributed by atoms with Crippen LogP contribution < -0.4 is 10.1 Å². The fourth-order valence-electron chi connectivity index (χ4n) is 5.88. The number of amides is 2. The first-order chi connectivity index (χ1) is 19.0. The molecule has 2 aromatic rings. The molecule has 2 heterocycles. The predicted molar refractivity (Wildman–Crippen MR) is 151 cm³/mol. The molecular weight excluding hydrogens is 512 g/mol. The maximum absolute atomic E-state index is 14.0. The highest BCUT2D eigenvalue weighted by molar-refractivity contribution is 5.91. The minimum atomic E-state index is -1.12. The fourth-order valence-corrected chi connectivity index (χ4v) is 5.88. The minimum absolute atomic E-state index is 0.0388. The number of carbonyl (C=O) groups excluding carboxylic acids is 2. The van der Waals surface area contributed by atoms with E-state index in [2.05, 4.69) is 11.4 Å². The summed E-state index contributed by atoms with van der Waals surface area (Å²) in [7, 11) is 3.23. The summed E-state index contributed by atoms with van der Waals surface area (Å²) in [5, 5.41) is 14.9. The minimum Gasteiger partial charge on any atom is -0.496 e. The number of methoxy groups -OCH3 is 2. The third-order valence-corrected chi connectivity index (χ3v) is 8.25. The zero-order valence-corrected chi connectivity index (χ0v) is 24.2. The first kappa shape index (κ1) is 29.6. The fraction of sp³-hybridized carbons (Fsp3) is 0.581. The Labute approximate surface area is 236 Å². The lowest BCUT2D eigenvalue weighted by Gasteiger charge is -2.35. The molecule has 0 aromatic heterocycles. The summed E-state index contributed by atoms with van der Waals surface area (Å²) < 4.78 is 17.1. The largest absolute Gasteiger partial charge is 0.496 e. The standard InChI is InChI=1S/C31H42N2O7/c1-30(2,3)26-27(34)33-19-31(39-5,18-24(33)28(35)36)23-13-12-20-17-25(38-4)21(15-22(20)16-23)11-9-7-6-8-10-14-40-29(37)32-26/h12-13,15-17,24,26H,6-11,14,18-19H2,1-5H3,(H,32,37)(H,35,36)/t24-,26+,31-/m0/s1. The zero-order chi connectivity index (χ0) is 29.1. The number of nitrogens with zero attached hydrogens (tertiary/aromatic N) is 1. The van der Waals surface area contributed by atoms with Gasteiger partial charge in [0.05, 0.1) is 20.3 Å². The maximum atomic E-state index is 14.0. The van der Waals surface area contributed by atoms with E-state index in [4.69, 9.17) is 14.2 Å². The molecule has 2 aliphatic rings. The molecule has 9 nitrogen and oxygen atoms in total. The average molecular weight is 555 g/mol. The number of hydrogen-bond donors (Lipinski definition) is 2. The number of cyclic esters (lactones) is 1. The molecule has 1 fully saturated rings. The molecule has 0 saturated carbocycles. The second-order valence-electron chi connectivity index (χ2n) is 12.0. The Balaban J connectivity index is 1.79. The van der Waals surface area contributed by atoms with E-state index in [9.17, 15) is 19.5 Å². The van der Waals surface area contributed by atoms with Crippen LogP contribution in [0.5, 0.6) is 5.75 Å². The Kier molecular flexibility index (Phi) is 8.93. The first-order valence-electron chi connectivity index (χ1n) is 14.1. The van der Waals surface area contributed by atoms with Gasteiger partial charge in [-0.25, -0.2) is 9.59 Å². The molecule has 218 valence electrons. The Morgan fingerprint density at radius 2 is 1.77 bits per heavy atom. The Morgan fingerprint density at radius 3 is 2.45 bits per heavy atom. The van der Waals surface area contributed by atoms with Crippen molar-refractivity contribution in [3.8, 4) is 5.75 Å². The summed E-state index contributed by atoms with van der Waals surface area (Å²) in [6.07, 6.45) is 5.02. The number of aliphatic carboxylic acids is 1. The normalized spacial score (nSPS) is 25.1. The van der Waals surface area contributed by atoms with Gasteiger partial charge in [-0.15, -0.1) is 0 Å². The number of carboxylic acids is 1. The molecule has 2 aliphatic heterocycles. The van der Waals surface area contributed by atoms with Gasteiger partial charge in [0.1, 0.15) is 23.4 Å². The molecule has 40 heavy (non-hydrogen) atoms. The molecule has 0 radical (unpaired) electrons. The average Bonchev–Trinajstić information content (AvgIpc) is 3.33. The molecule has 3 atom stereocenters. The number of alkyl carbamates (subject to hydrolysis) is 1. The van der Waals surface area contributed by atoms with Crippen LogP contribution in [-0.2, 0) is 31.1 Å². The summed E-state index contributed by atoms with van der Waals surface area (Å²) in [5.41, 5.74) is 0.200. The van der Waals surface area contributed by atoms with E-state index in [1.54, 1.807) is 14.2 Å². The van der Waals surface area contributed by atoms with Crippen LogP contribution in [-0.4, -0.2) is 67.4 Å². The molecule has 4 rings (SSSR count). The molecule has 5 bridgehead atoms. The quantitative estimate of drug-likeness (QED) is 0.547. The number of hydrogen-bond acceptors (Lipinski definition) is 6. The molecule has 9 heteroatoms. The smallest absolute Gasteiger partial charge is 0.407 e. The van der Waals surface area contributed by atoms with Gasteiger partial charge in [0.15, 0.2) is 0 Å². The topological polar surface area (TPSA) is 114 Å². The maximum Gasteiger partial charge on any atom is 0.407 e. The van der Waals surface area contributed by atoms with E-state index >= 15 is 0 Å². The van der Waals surface area contributed by atoms with Crippen LogP contribution in [0, 0.1) is 5.41 Å². The summed E-state index contributed by atoms with van der Waals surface area (Å²) in [5.74, 6) is -0.744. The second kappa shape index (κ2) is 12.0. The van der Waals surface area contributed by atoms with Crippen molar-refractivity contribution in [3.05, 3.63) is 41.5 Å². The van der Waals surface area contributed by atoms with Crippen molar-refractivity contribution in [2.24, 2.45) is 5.41 Å². The highest BCUT2D eigenvalue weighted by Gasteiger charge is 2.52. The van der Waals surface area contributed by atoms with Crippen LogP contribution >= 0.6 is 0 Å². The third kappa shape index (κ3) is 6.19. The van der Waals surface area contributed by atoms with Gasteiger partial charge in [-0.05, 0) is 64.8 Å². The predicted octanol–water partition coefficient (Wildman–Crippen LogP) is 5.02.